The SMILES string of the molecule is CC(Nc1ncc(F)cc1C(=O)O)C(=O)NC(C)(C)C. The first kappa shape index (κ1) is 15.9. The summed E-state index contributed by atoms with van der Waals surface area (Å²) in [7, 11) is 0. The standard InChI is InChI=1S/C13H18FN3O3/c1-7(11(18)17-13(2,3)4)16-10-9(12(19)20)5-8(14)6-15-10/h5-7H,1-4H3,(H,15,16)(H,17,18)(H,19,20). The van der Waals surface area contributed by atoms with E-state index in [1.807, 2.05) is 20.8 Å². The third-order valence-electron chi connectivity index (χ3n) is 2.33. The Balaban J connectivity index is 2.88. The number of amides is 1. The van der Waals surface area contributed by atoms with E-state index in [9.17, 15) is 14.0 Å². The van der Waals surface area contributed by atoms with Crippen molar-refractivity contribution in [2.75, 3.05) is 5.32 Å². The minimum atomic E-state index is -1.32. The molecule has 1 heterocycles. The van der Waals surface area contributed by atoms with E-state index in [1.165, 1.54) is 0 Å². The molecule has 0 radical (unpaired) electrons. The summed E-state index contributed by atoms with van der Waals surface area (Å²) in [4.78, 5) is 26.6. The molecule has 3 N–H and O–H groups in total. The smallest absolute Gasteiger partial charge is 0.339 e. The Morgan fingerprint density at radius 2 is 2.00 bits per heavy atom. The number of carbonyl (C=O) groups excluding carboxylic acids is 1. The van der Waals surface area contributed by atoms with Crippen molar-refractivity contribution >= 4 is 17.7 Å². The van der Waals surface area contributed by atoms with E-state index >= 15 is 0 Å². The molecular formula is C13H18FN3O3. The highest BCUT2D eigenvalue weighted by molar-refractivity contribution is 5.94. The molecule has 1 atom stereocenters. The molecule has 0 aliphatic heterocycles. The van der Waals surface area contributed by atoms with Crippen LogP contribution in [-0.4, -0.2) is 33.5 Å². The number of hydrogen-bond donors (Lipinski definition) is 3. The molecule has 1 rings (SSSR count). The van der Waals surface area contributed by atoms with Gasteiger partial charge in [-0.3, -0.25) is 4.79 Å². The summed E-state index contributed by atoms with van der Waals surface area (Å²) >= 11 is 0. The van der Waals surface area contributed by atoms with Crippen molar-refractivity contribution in [3.63, 3.8) is 0 Å². The van der Waals surface area contributed by atoms with Gasteiger partial charge in [-0.05, 0) is 33.8 Å². The van der Waals surface area contributed by atoms with Gasteiger partial charge < -0.3 is 15.7 Å². The Morgan fingerprint density at radius 1 is 1.40 bits per heavy atom. The summed E-state index contributed by atoms with van der Waals surface area (Å²) in [5.41, 5.74) is -0.723. The average Bonchev–Trinajstić information content (AvgIpc) is 2.28. The average molecular weight is 283 g/mol. The van der Waals surface area contributed by atoms with Crippen LogP contribution >= 0.6 is 0 Å². The van der Waals surface area contributed by atoms with Crippen LogP contribution in [0.5, 0.6) is 0 Å². The summed E-state index contributed by atoms with van der Waals surface area (Å²) in [6, 6.07) is 0.150. The molecule has 1 aromatic heterocycles. The van der Waals surface area contributed by atoms with Crippen molar-refractivity contribution < 1.29 is 19.1 Å². The van der Waals surface area contributed by atoms with Gasteiger partial charge in [0, 0.05) is 5.54 Å². The molecule has 0 fully saturated rings. The third kappa shape index (κ3) is 4.49. The normalized spacial score (nSPS) is 12.7. The number of hydrogen-bond acceptors (Lipinski definition) is 4. The Kier molecular flexibility index (Phi) is 4.65. The number of carbonyl (C=O) groups is 2. The third-order valence-corrected chi connectivity index (χ3v) is 2.33. The number of aromatic carboxylic acids is 1. The lowest BCUT2D eigenvalue weighted by Gasteiger charge is -2.24. The van der Waals surface area contributed by atoms with Crippen molar-refractivity contribution in [3.8, 4) is 0 Å². The van der Waals surface area contributed by atoms with Gasteiger partial charge in [0.05, 0.1) is 6.20 Å². The highest BCUT2D eigenvalue weighted by Crippen LogP contribution is 2.15. The van der Waals surface area contributed by atoms with Gasteiger partial charge in [0.15, 0.2) is 0 Å². The number of carboxylic acid groups (broad SMARTS) is 1. The lowest BCUT2D eigenvalue weighted by atomic mass is 10.1. The highest BCUT2D eigenvalue weighted by atomic mass is 19.1. The first-order valence-corrected chi connectivity index (χ1v) is 6.07. The predicted octanol–water partition coefficient (Wildman–Crippen LogP) is 1.63. The molecule has 20 heavy (non-hydrogen) atoms. The van der Waals surface area contributed by atoms with Crippen LogP contribution in [0.25, 0.3) is 0 Å². The van der Waals surface area contributed by atoms with Gasteiger partial charge in [0.25, 0.3) is 0 Å². The van der Waals surface area contributed by atoms with Crippen molar-refractivity contribution in [1.29, 1.82) is 0 Å². The van der Waals surface area contributed by atoms with E-state index in [2.05, 4.69) is 15.6 Å². The van der Waals surface area contributed by atoms with E-state index < -0.39 is 23.4 Å². The molecule has 0 spiro atoms. The quantitative estimate of drug-likeness (QED) is 0.781. The summed E-state index contributed by atoms with van der Waals surface area (Å²) < 4.78 is 13.0. The first-order valence-electron chi connectivity index (χ1n) is 6.07. The van der Waals surface area contributed by atoms with E-state index in [4.69, 9.17) is 5.11 Å². The molecule has 0 saturated carbocycles. The number of nitrogens with zero attached hydrogens (tertiary/aromatic N) is 1. The molecule has 0 aliphatic carbocycles. The van der Waals surface area contributed by atoms with E-state index in [0.717, 1.165) is 12.3 Å². The lowest BCUT2D eigenvalue weighted by molar-refractivity contribution is -0.122. The summed E-state index contributed by atoms with van der Waals surface area (Å²) in [6.07, 6.45) is 0.892. The zero-order chi connectivity index (χ0) is 15.5. The maximum absolute atomic E-state index is 13.0. The number of aromatic nitrogens is 1. The molecule has 110 valence electrons. The summed E-state index contributed by atoms with van der Waals surface area (Å²) in [6.45, 7) is 7.06. The van der Waals surface area contributed by atoms with Gasteiger partial charge >= 0.3 is 5.97 Å². The van der Waals surface area contributed by atoms with Crippen molar-refractivity contribution in [3.05, 3.63) is 23.6 Å². The zero-order valence-corrected chi connectivity index (χ0v) is 11.8. The second-order valence-corrected chi connectivity index (χ2v) is 5.46. The largest absolute Gasteiger partial charge is 0.478 e. The van der Waals surface area contributed by atoms with Crippen LogP contribution in [0.3, 0.4) is 0 Å². The van der Waals surface area contributed by atoms with Gasteiger partial charge in [0.1, 0.15) is 23.2 Å². The second-order valence-electron chi connectivity index (χ2n) is 5.46. The molecule has 0 aliphatic rings. The van der Waals surface area contributed by atoms with Gasteiger partial charge in [-0.2, -0.15) is 0 Å². The summed E-state index contributed by atoms with van der Waals surface area (Å²) in [5.74, 6) is -2.42. The van der Waals surface area contributed by atoms with Crippen LogP contribution in [0, 0.1) is 5.82 Å². The summed E-state index contributed by atoms with van der Waals surface area (Å²) in [5, 5.41) is 14.4. The number of nitrogens with one attached hydrogen (secondary N) is 2. The number of carboxylic acids is 1. The fraction of sp³-hybridized carbons (Fsp3) is 0.462. The van der Waals surface area contributed by atoms with E-state index in [-0.39, 0.29) is 17.3 Å². The predicted molar refractivity (Wildman–Crippen MR) is 72.1 cm³/mol. The Hall–Kier alpha value is -2.18. The molecule has 1 aromatic rings. The topological polar surface area (TPSA) is 91.3 Å². The number of pyridine rings is 1. The number of rotatable bonds is 4. The van der Waals surface area contributed by atoms with Gasteiger partial charge in [-0.25, -0.2) is 14.2 Å². The van der Waals surface area contributed by atoms with E-state index in [0.29, 0.717) is 0 Å². The first-order chi connectivity index (χ1) is 9.10. The van der Waals surface area contributed by atoms with Crippen LogP contribution in [0.2, 0.25) is 0 Å². The minimum absolute atomic E-state index is 0.0459. The van der Waals surface area contributed by atoms with Crippen molar-refractivity contribution in [1.82, 2.24) is 10.3 Å². The molecule has 0 aromatic carbocycles. The van der Waals surface area contributed by atoms with Gasteiger partial charge in [0.2, 0.25) is 5.91 Å². The molecule has 0 bridgehead atoms. The Bertz CT molecular complexity index is 526. The fourth-order valence-electron chi connectivity index (χ4n) is 1.47. The number of halogens is 1. The molecule has 1 amide bonds. The zero-order valence-electron chi connectivity index (χ0n) is 11.8. The molecule has 1 unspecified atom stereocenters. The van der Waals surface area contributed by atoms with Crippen LogP contribution < -0.4 is 10.6 Å². The van der Waals surface area contributed by atoms with Crippen LogP contribution in [-0.2, 0) is 4.79 Å². The lowest BCUT2D eigenvalue weighted by Crippen LogP contribution is -2.47. The van der Waals surface area contributed by atoms with Gasteiger partial charge in [-0.1, -0.05) is 0 Å². The Labute approximate surface area is 116 Å². The fourth-order valence-corrected chi connectivity index (χ4v) is 1.47. The molecule has 7 heteroatoms. The number of anilines is 1. The van der Waals surface area contributed by atoms with Crippen LogP contribution in [0.1, 0.15) is 38.1 Å². The van der Waals surface area contributed by atoms with Crippen molar-refractivity contribution in [2.24, 2.45) is 0 Å². The van der Waals surface area contributed by atoms with Crippen molar-refractivity contribution in [2.45, 2.75) is 39.3 Å². The maximum Gasteiger partial charge on any atom is 0.339 e. The molecular weight excluding hydrogens is 265 g/mol. The Morgan fingerprint density at radius 3 is 2.50 bits per heavy atom. The van der Waals surface area contributed by atoms with Gasteiger partial charge in [-0.15, -0.1) is 0 Å². The van der Waals surface area contributed by atoms with Crippen LogP contribution in [0.15, 0.2) is 12.3 Å². The molecule has 6 nitrogen and oxygen atoms in total. The monoisotopic (exact) mass is 283 g/mol. The molecule has 0 saturated heterocycles. The van der Waals surface area contributed by atoms with E-state index in [1.54, 1.807) is 6.92 Å². The van der Waals surface area contributed by atoms with Crippen LogP contribution in [0.4, 0.5) is 10.2 Å². The maximum atomic E-state index is 13.0. The minimum Gasteiger partial charge on any atom is -0.478 e. The highest BCUT2D eigenvalue weighted by Gasteiger charge is 2.21. The second kappa shape index (κ2) is 5.85.